The van der Waals surface area contributed by atoms with E-state index in [4.69, 9.17) is 5.26 Å². The van der Waals surface area contributed by atoms with Gasteiger partial charge in [-0.15, -0.1) is 0 Å². The van der Waals surface area contributed by atoms with Crippen LogP contribution in [0.25, 0.3) is 0 Å². The zero-order valence-electron chi connectivity index (χ0n) is 9.99. The number of nitrogens with zero attached hydrogens (tertiary/aromatic N) is 1. The molecule has 0 amide bonds. The lowest BCUT2D eigenvalue weighted by atomic mass is 9.98. The van der Waals surface area contributed by atoms with Crippen LogP contribution in [0.4, 0.5) is 0 Å². The van der Waals surface area contributed by atoms with E-state index in [1.54, 1.807) is 13.0 Å². The number of ether oxygens (including phenoxy) is 1. The van der Waals surface area contributed by atoms with Crippen molar-refractivity contribution in [2.24, 2.45) is 5.92 Å². The van der Waals surface area contributed by atoms with E-state index < -0.39 is 5.97 Å². The molecule has 0 fully saturated rings. The summed E-state index contributed by atoms with van der Waals surface area (Å²) in [4.78, 5) is 22.7. The predicted molar refractivity (Wildman–Crippen MR) is 59.5 cm³/mol. The Hall–Kier alpha value is -1.37. The second-order valence-electron chi connectivity index (χ2n) is 3.85. The Morgan fingerprint density at radius 1 is 1.38 bits per heavy atom. The highest BCUT2D eigenvalue weighted by atomic mass is 16.5. The summed E-state index contributed by atoms with van der Waals surface area (Å²) in [5.74, 6) is -0.678. The molecule has 0 heterocycles. The lowest BCUT2D eigenvalue weighted by molar-refractivity contribution is -0.145. The van der Waals surface area contributed by atoms with Crippen molar-refractivity contribution < 1.29 is 14.3 Å². The van der Waals surface area contributed by atoms with Gasteiger partial charge in [0.1, 0.15) is 11.9 Å². The lowest BCUT2D eigenvalue weighted by Crippen LogP contribution is -2.17. The molecule has 0 saturated carbocycles. The number of Topliss-reactive ketones (excluding diaryl/α,β-unsaturated/α-hetero) is 1. The third-order valence-corrected chi connectivity index (χ3v) is 2.35. The molecule has 0 aromatic heterocycles. The summed E-state index contributed by atoms with van der Waals surface area (Å²) in [7, 11) is 0. The molecule has 16 heavy (non-hydrogen) atoms. The van der Waals surface area contributed by atoms with E-state index in [9.17, 15) is 9.59 Å². The highest BCUT2D eigenvalue weighted by Crippen LogP contribution is 2.10. The molecule has 0 bridgehead atoms. The van der Waals surface area contributed by atoms with Gasteiger partial charge in [0.25, 0.3) is 0 Å². The van der Waals surface area contributed by atoms with Crippen molar-refractivity contribution in [1.82, 2.24) is 0 Å². The smallest absolute Gasteiger partial charge is 0.307 e. The minimum atomic E-state index is -0.474. The Morgan fingerprint density at radius 3 is 2.62 bits per heavy atom. The average molecular weight is 225 g/mol. The molecular formula is C12H19NO3. The summed E-state index contributed by atoms with van der Waals surface area (Å²) < 4.78 is 4.59. The van der Waals surface area contributed by atoms with Crippen LogP contribution >= 0.6 is 0 Å². The quantitative estimate of drug-likeness (QED) is 0.469. The molecule has 0 N–H and O–H groups in total. The molecule has 1 unspecified atom stereocenters. The molecule has 0 rings (SSSR count). The van der Waals surface area contributed by atoms with Crippen molar-refractivity contribution in [2.45, 2.75) is 46.0 Å². The van der Waals surface area contributed by atoms with E-state index in [0.29, 0.717) is 6.42 Å². The number of hydrogen-bond acceptors (Lipinski definition) is 4. The van der Waals surface area contributed by atoms with Crippen molar-refractivity contribution in [1.29, 1.82) is 5.26 Å². The Balaban J connectivity index is 3.78. The fraction of sp³-hybridized carbons (Fsp3) is 0.750. The van der Waals surface area contributed by atoms with Gasteiger partial charge in [0, 0.05) is 12.3 Å². The van der Waals surface area contributed by atoms with Gasteiger partial charge in [-0.05, 0) is 6.42 Å². The number of carbonyl (C=O) groups excluding carboxylic acids is 2. The zero-order valence-corrected chi connectivity index (χ0v) is 9.99. The van der Waals surface area contributed by atoms with E-state index in [-0.39, 0.29) is 24.7 Å². The SMILES string of the molecule is CCCCCC(=O)C(C)CC(=O)OCC#N. The van der Waals surface area contributed by atoms with Crippen LogP contribution in [0.15, 0.2) is 0 Å². The van der Waals surface area contributed by atoms with E-state index in [1.807, 2.05) is 0 Å². The molecule has 0 aliphatic heterocycles. The van der Waals surface area contributed by atoms with Gasteiger partial charge >= 0.3 is 5.97 Å². The van der Waals surface area contributed by atoms with Crippen LogP contribution in [0.3, 0.4) is 0 Å². The monoisotopic (exact) mass is 225 g/mol. The first-order chi connectivity index (χ1) is 7.61. The highest BCUT2D eigenvalue weighted by Gasteiger charge is 2.17. The minimum Gasteiger partial charge on any atom is -0.450 e. The molecule has 4 nitrogen and oxygen atoms in total. The molecule has 0 aliphatic carbocycles. The Bertz CT molecular complexity index is 268. The van der Waals surface area contributed by atoms with E-state index >= 15 is 0 Å². The summed E-state index contributed by atoms with van der Waals surface area (Å²) in [6.07, 6.45) is 3.60. The van der Waals surface area contributed by atoms with Crippen LogP contribution in [-0.4, -0.2) is 18.4 Å². The van der Waals surface area contributed by atoms with E-state index in [1.165, 1.54) is 0 Å². The number of carbonyl (C=O) groups is 2. The minimum absolute atomic E-state index is 0.0760. The standard InChI is InChI=1S/C12H19NO3/c1-3-4-5-6-11(14)10(2)9-12(15)16-8-7-13/h10H,3-6,8-9H2,1-2H3. The summed E-state index contributed by atoms with van der Waals surface area (Å²) in [5.41, 5.74) is 0. The third kappa shape index (κ3) is 6.99. The molecular weight excluding hydrogens is 206 g/mol. The van der Waals surface area contributed by atoms with Crippen molar-refractivity contribution in [2.75, 3.05) is 6.61 Å². The second kappa shape index (κ2) is 8.90. The first kappa shape index (κ1) is 14.6. The molecule has 0 spiro atoms. The molecule has 0 radical (unpaired) electrons. The maximum atomic E-state index is 11.6. The van der Waals surface area contributed by atoms with Crippen molar-refractivity contribution in [3.8, 4) is 6.07 Å². The molecule has 0 aromatic rings. The number of unbranched alkanes of at least 4 members (excludes halogenated alkanes) is 2. The van der Waals surface area contributed by atoms with Crippen LogP contribution in [0, 0.1) is 17.2 Å². The number of hydrogen-bond donors (Lipinski definition) is 0. The van der Waals surface area contributed by atoms with Crippen molar-refractivity contribution in [3.05, 3.63) is 0 Å². The van der Waals surface area contributed by atoms with Gasteiger partial charge in [0.05, 0.1) is 6.42 Å². The normalized spacial score (nSPS) is 11.6. The fourth-order valence-electron chi connectivity index (χ4n) is 1.33. The molecule has 4 heteroatoms. The van der Waals surface area contributed by atoms with Gasteiger partial charge in [-0.25, -0.2) is 0 Å². The number of rotatable bonds is 8. The van der Waals surface area contributed by atoms with Gasteiger partial charge in [-0.2, -0.15) is 5.26 Å². The van der Waals surface area contributed by atoms with Crippen LogP contribution in [0.2, 0.25) is 0 Å². The van der Waals surface area contributed by atoms with Crippen molar-refractivity contribution in [3.63, 3.8) is 0 Å². The van der Waals surface area contributed by atoms with Gasteiger partial charge in [0.15, 0.2) is 6.61 Å². The van der Waals surface area contributed by atoms with Gasteiger partial charge in [-0.3, -0.25) is 9.59 Å². The molecule has 0 aliphatic rings. The van der Waals surface area contributed by atoms with Crippen LogP contribution in [0.5, 0.6) is 0 Å². The third-order valence-electron chi connectivity index (χ3n) is 2.35. The van der Waals surface area contributed by atoms with Gasteiger partial charge in [-0.1, -0.05) is 26.7 Å². The molecule has 0 aromatic carbocycles. The Labute approximate surface area is 96.6 Å². The zero-order chi connectivity index (χ0) is 12.4. The Morgan fingerprint density at radius 2 is 2.06 bits per heavy atom. The second-order valence-corrected chi connectivity index (χ2v) is 3.85. The Kier molecular flexibility index (Phi) is 8.14. The molecule has 1 atom stereocenters. The van der Waals surface area contributed by atoms with Crippen molar-refractivity contribution >= 4 is 11.8 Å². The molecule has 0 saturated heterocycles. The maximum absolute atomic E-state index is 11.6. The molecule has 90 valence electrons. The first-order valence-electron chi connectivity index (χ1n) is 5.67. The van der Waals surface area contributed by atoms with Crippen LogP contribution in [0.1, 0.15) is 46.0 Å². The number of ketones is 1. The highest BCUT2D eigenvalue weighted by molar-refractivity contribution is 5.85. The largest absolute Gasteiger partial charge is 0.450 e. The topological polar surface area (TPSA) is 67.2 Å². The predicted octanol–water partition coefficient (Wildman–Crippen LogP) is 2.23. The van der Waals surface area contributed by atoms with Crippen LogP contribution < -0.4 is 0 Å². The summed E-state index contributed by atoms with van der Waals surface area (Å²) in [5, 5.41) is 8.21. The summed E-state index contributed by atoms with van der Waals surface area (Å²) in [6.45, 7) is 3.56. The fourth-order valence-corrected chi connectivity index (χ4v) is 1.33. The average Bonchev–Trinajstić information content (AvgIpc) is 2.26. The maximum Gasteiger partial charge on any atom is 0.307 e. The van der Waals surface area contributed by atoms with Gasteiger partial charge in [0.2, 0.25) is 0 Å². The summed E-state index contributed by atoms with van der Waals surface area (Å²) >= 11 is 0. The van der Waals surface area contributed by atoms with Gasteiger partial charge < -0.3 is 4.74 Å². The van der Waals surface area contributed by atoms with E-state index in [0.717, 1.165) is 19.3 Å². The number of nitriles is 1. The lowest BCUT2D eigenvalue weighted by Gasteiger charge is -2.08. The van der Waals surface area contributed by atoms with Crippen LogP contribution in [-0.2, 0) is 14.3 Å². The number of esters is 1. The first-order valence-corrected chi connectivity index (χ1v) is 5.67. The summed E-state index contributed by atoms with van der Waals surface area (Å²) in [6, 6.07) is 1.71. The van der Waals surface area contributed by atoms with E-state index in [2.05, 4.69) is 11.7 Å².